The van der Waals surface area contributed by atoms with Crippen LogP contribution >= 0.6 is 11.6 Å². The molecule has 27 heavy (non-hydrogen) atoms. The zero-order chi connectivity index (χ0) is 20.0. The number of alkyl carbamates (subject to hydrolysis) is 1. The molecule has 0 aromatic heterocycles. The monoisotopic (exact) mass is 395 g/mol. The highest BCUT2D eigenvalue weighted by molar-refractivity contribution is 6.30. The molecule has 1 fully saturated rings. The fourth-order valence-electron chi connectivity index (χ4n) is 2.75. The molecular formula is C19H26ClN3O4. The minimum atomic E-state index is -0.612. The number of amides is 3. The molecule has 1 aromatic rings. The van der Waals surface area contributed by atoms with Gasteiger partial charge in [-0.2, -0.15) is 0 Å². The lowest BCUT2D eigenvalue weighted by atomic mass is 10.0. The van der Waals surface area contributed by atoms with E-state index in [-0.39, 0.29) is 24.4 Å². The van der Waals surface area contributed by atoms with Gasteiger partial charge in [-0.1, -0.05) is 17.7 Å². The summed E-state index contributed by atoms with van der Waals surface area (Å²) in [5.74, 6) is -0.339. The summed E-state index contributed by atoms with van der Waals surface area (Å²) in [6, 6.07) is 6.78. The molecule has 2 rings (SSSR count). The number of rotatable bonds is 4. The topological polar surface area (TPSA) is 87.7 Å². The Hall–Kier alpha value is -2.28. The second-order valence-corrected chi connectivity index (χ2v) is 7.93. The Bertz CT molecular complexity index is 694. The number of carbonyl (C=O) groups excluding carboxylic acids is 3. The van der Waals surface area contributed by atoms with Crippen LogP contribution in [0.5, 0.6) is 0 Å². The van der Waals surface area contributed by atoms with Crippen LogP contribution in [-0.4, -0.2) is 54.1 Å². The molecule has 1 heterocycles. The lowest BCUT2D eigenvalue weighted by Crippen LogP contribution is -2.49. The van der Waals surface area contributed by atoms with Gasteiger partial charge in [0.1, 0.15) is 12.1 Å². The summed E-state index contributed by atoms with van der Waals surface area (Å²) in [5.41, 5.74) is -0.0882. The Labute approximate surface area is 164 Å². The van der Waals surface area contributed by atoms with Gasteiger partial charge in [-0.05, 0) is 51.8 Å². The molecule has 1 aromatic carbocycles. The van der Waals surface area contributed by atoms with Crippen molar-refractivity contribution in [3.63, 3.8) is 0 Å². The molecule has 0 unspecified atom stereocenters. The molecule has 1 aliphatic heterocycles. The maximum absolute atomic E-state index is 12.3. The largest absolute Gasteiger partial charge is 0.444 e. The first kappa shape index (κ1) is 21.0. The Kier molecular flexibility index (Phi) is 7.07. The Morgan fingerprint density at radius 1 is 1.22 bits per heavy atom. The highest BCUT2D eigenvalue weighted by Gasteiger charge is 2.25. The number of hydrogen-bond donors (Lipinski definition) is 2. The third kappa shape index (κ3) is 7.09. The van der Waals surface area contributed by atoms with Crippen LogP contribution in [0.4, 0.5) is 4.79 Å². The number of ether oxygens (including phenoxy) is 1. The summed E-state index contributed by atoms with van der Waals surface area (Å²) < 4.78 is 5.11. The number of nitrogens with one attached hydrogen (secondary N) is 2. The van der Waals surface area contributed by atoms with Gasteiger partial charge in [0.2, 0.25) is 5.91 Å². The maximum atomic E-state index is 12.3. The van der Waals surface area contributed by atoms with Crippen LogP contribution in [0.3, 0.4) is 0 Å². The number of likely N-dealkylation sites (tertiary alicyclic amines) is 1. The number of halogens is 1. The van der Waals surface area contributed by atoms with E-state index in [2.05, 4.69) is 10.6 Å². The molecule has 7 nitrogen and oxygen atoms in total. The van der Waals surface area contributed by atoms with E-state index >= 15 is 0 Å². The number of hydrogen-bond acceptors (Lipinski definition) is 4. The van der Waals surface area contributed by atoms with Crippen LogP contribution < -0.4 is 10.6 Å². The van der Waals surface area contributed by atoms with E-state index in [4.69, 9.17) is 16.3 Å². The van der Waals surface area contributed by atoms with E-state index in [1.807, 2.05) is 0 Å². The molecule has 148 valence electrons. The summed E-state index contributed by atoms with van der Waals surface area (Å²) in [5, 5.41) is 5.96. The number of nitrogens with zero attached hydrogens (tertiary/aromatic N) is 1. The first-order valence-corrected chi connectivity index (χ1v) is 9.33. The summed E-state index contributed by atoms with van der Waals surface area (Å²) in [6.45, 7) is 6.23. The quantitative estimate of drug-likeness (QED) is 0.820. The van der Waals surface area contributed by atoms with Gasteiger partial charge < -0.3 is 20.3 Å². The van der Waals surface area contributed by atoms with E-state index in [1.165, 1.54) is 0 Å². The van der Waals surface area contributed by atoms with E-state index in [1.54, 1.807) is 49.9 Å². The minimum Gasteiger partial charge on any atom is -0.444 e. The third-order valence-electron chi connectivity index (χ3n) is 4.05. The van der Waals surface area contributed by atoms with Crippen LogP contribution in [-0.2, 0) is 9.53 Å². The zero-order valence-electron chi connectivity index (χ0n) is 15.9. The molecule has 3 amide bonds. The van der Waals surface area contributed by atoms with Crippen molar-refractivity contribution in [2.45, 2.75) is 45.3 Å². The van der Waals surface area contributed by atoms with Gasteiger partial charge in [0.25, 0.3) is 5.91 Å². The SMILES string of the molecule is CC(C)(C)OC(=O)NCC(=O)N1CCC(NC(=O)c2cccc(Cl)c2)CC1. The smallest absolute Gasteiger partial charge is 0.408 e. The first-order valence-electron chi connectivity index (χ1n) is 8.95. The zero-order valence-corrected chi connectivity index (χ0v) is 16.6. The van der Waals surface area contributed by atoms with Gasteiger partial charge in [0, 0.05) is 29.7 Å². The fraction of sp³-hybridized carbons (Fsp3) is 0.526. The minimum absolute atomic E-state index is 0.000605. The summed E-state index contributed by atoms with van der Waals surface area (Å²) in [4.78, 5) is 37.8. The Morgan fingerprint density at radius 3 is 2.48 bits per heavy atom. The first-order chi connectivity index (χ1) is 12.6. The van der Waals surface area contributed by atoms with Crippen LogP contribution in [0.2, 0.25) is 5.02 Å². The second kappa shape index (κ2) is 9.08. The van der Waals surface area contributed by atoms with Crippen LogP contribution in [0, 0.1) is 0 Å². The third-order valence-corrected chi connectivity index (χ3v) is 4.29. The van der Waals surface area contributed by atoms with Gasteiger partial charge in [0.05, 0.1) is 0 Å². The molecule has 0 atom stereocenters. The summed E-state index contributed by atoms with van der Waals surface area (Å²) >= 11 is 5.91. The standard InChI is InChI=1S/C19H26ClN3O4/c1-19(2,3)27-18(26)21-12-16(24)23-9-7-15(8-10-23)22-17(25)13-5-4-6-14(20)11-13/h4-6,11,15H,7-10,12H2,1-3H3,(H,21,26)(H,22,25). The van der Waals surface area contributed by atoms with E-state index in [0.29, 0.717) is 36.5 Å². The lowest BCUT2D eigenvalue weighted by Gasteiger charge is -2.32. The highest BCUT2D eigenvalue weighted by atomic mass is 35.5. The average molecular weight is 396 g/mol. The number of benzene rings is 1. The average Bonchev–Trinajstić information content (AvgIpc) is 2.59. The van der Waals surface area contributed by atoms with Gasteiger partial charge in [-0.25, -0.2) is 4.79 Å². The van der Waals surface area contributed by atoms with E-state index < -0.39 is 11.7 Å². The lowest BCUT2D eigenvalue weighted by molar-refractivity contribution is -0.131. The van der Waals surface area contributed by atoms with Crippen molar-refractivity contribution in [2.75, 3.05) is 19.6 Å². The number of carbonyl (C=O) groups is 3. The van der Waals surface area contributed by atoms with Crippen molar-refractivity contribution in [1.82, 2.24) is 15.5 Å². The molecule has 0 saturated carbocycles. The molecule has 0 aliphatic carbocycles. The molecule has 8 heteroatoms. The van der Waals surface area contributed by atoms with Crippen LogP contribution in [0.15, 0.2) is 24.3 Å². The van der Waals surface area contributed by atoms with Crippen molar-refractivity contribution in [1.29, 1.82) is 0 Å². The van der Waals surface area contributed by atoms with Crippen molar-refractivity contribution in [3.05, 3.63) is 34.9 Å². The molecular weight excluding hydrogens is 370 g/mol. The molecule has 1 saturated heterocycles. The van der Waals surface area contributed by atoms with E-state index in [0.717, 1.165) is 0 Å². The van der Waals surface area contributed by atoms with Crippen molar-refractivity contribution >= 4 is 29.5 Å². The molecule has 0 bridgehead atoms. The summed E-state index contributed by atoms with van der Waals surface area (Å²) in [7, 11) is 0. The van der Waals surface area contributed by atoms with Crippen molar-refractivity contribution in [2.24, 2.45) is 0 Å². The second-order valence-electron chi connectivity index (χ2n) is 7.49. The Morgan fingerprint density at radius 2 is 1.89 bits per heavy atom. The van der Waals surface area contributed by atoms with Gasteiger partial charge in [-0.15, -0.1) is 0 Å². The predicted molar refractivity (Wildman–Crippen MR) is 103 cm³/mol. The van der Waals surface area contributed by atoms with E-state index in [9.17, 15) is 14.4 Å². The van der Waals surface area contributed by atoms with Crippen LogP contribution in [0.1, 0.15) is 44.0 Å². The van der Waals surface area contributed by atoms with Gasteiger partial charge in [0.15, 0.2) is 0 Å². The Balaban J connectivity index is 1.74. The highest BCUT2D eigenvalue weighted by Crippen LogP contribution is 2.14. The summed E-state index contributed by atoms with van der Waals surface area (Å²) in [6.07, 6.45) is 0.703. The van der Waals surface area contributed by atoms with Gasteiger partial charge >= 0.3 is 6.09 Å². The molecule has 0 spiro atoms. The normalized spacial score (nSPS) is 15.2. The van der Waals surface area contributed by atoms with Crippen molar-refractivity contribution in [3.8, 4) is 0 Å². The predicted octanol–water partition coefficient (Wildman–Crippen LogP) is 2.59. The van der Waals surface area contributed by atoms with Crippen molar-refractivity contribution < 1.29 is 19.1 Å². The fourth-order valence-corrected chi connectivity index (χ4v) is 2.94. The number of piperidine rings is 1. The maximum Gasteiger partial charge on any atom is 0.408 e. The molecule has 2 N–H and O–H groups in total. The molecule has 0 radical (unpaired) electrons. The van der Waals surface area contributed by atoms with Gasteiger partial charge in [-0.3, -0.25) is 9.59 Å². The molecule has 1 aliphatic rings. The van der Waals surface area contributed by atoms with Crippen LogP contribution in [0.25, 0.3) is 0 Å².